The van der Waals surface area contributed by atoms with E-state index in [0.29, 0.717) is 30.6 Å². The van der Waals surface area contributed by atoms with Gasteiger partial charge in [-0.05, 0) is 62.1 Å². The molecule has 7 heteroatoms. The Balaban J connectivity index is 1.34. The molecule has 1 aromatic carbocycles. The van der Waals surface area contributed by atoms with E-state index in [1.54, 1.807) is 13.3 Å². The lowest BCUT2D eigenvalue weighted by atomic mass is 9.89. The van der Waals surface area contributed by atoms with Gasteiger partial charge in [-0.15, -0.1) is 0 Å². The average Bonchev–Trinajstić information content (AvgIpc) is 3.68. The molecular formula is C25H27N5O2. The second-order valence-corrected chi connectivity index (χ2v) is 8.42. The van der Waals surface area contributed by atoms with Crippen LogP contribution in [0.4, 0.5) is 5.95 Å². The quantitative estimate of drug-likeness (QED) is 0.634. The smallest absolute Gasteiger partial charge is 0.253 e. The number of pyridine rings is 1. The molecule has 32 heavy (non-hydrogen) atoms. The summed E-state index contributed by atoms with van der Waals surface area (Å²) in [6, 6.07) is 13.7. The Morgan fingerprint density at radius 1 is 1.03 bits per heavy atom. The summed E-state index contributed by atoms with van der Waals surface area (Å²) in [5, 5.41) is 3.41. The van der Waals surface area contributed by atoms with E-state index in [1.807, 2.05) is 53.6 Å². The minimum atomic E-state index is 0.0647. The first-order valence-electron chi connectivity index (χ1n) is 11.2. The average molecular weight is 430 g/mol. The van der Waals surface area contributed by atoms with Gasteiger partial charge < -0.3 is 15.0 Å². The molecule has 1 aliphatic carbocycles. The predicted octanol–water partition coefficient (Wildman–Crippen LogP) is 4.14. The number of aromatic nitrogens is 3. The van der Waals surface area contributed by atoms with Crippen molar-refractivity contribution in [2.75, 3.05) is 25.5 Å². The molecule has 7 nitrogen and oxygen atoms in total. The third-order valence-electron chi connectivity index (χ3n) is 6.18. The second-order valence-electron chi connectivity index (χ2n) is 8.42. The highest BCUT2D eigenvalue weighted by Crippen LogP contribution is 2.34. The number of hydrogen-bond donors (Lipinski definition) is 1. The number of carbonyl (C=O) groups is 1. The maximum Gasteiger partial charge on any atom is 0.253 e. The van der Waals surface area contributed by atoms with Crippen LogP contribution in [0.2, 0.25) is 0 Å². The van der Waals surface area contributed by atoms with Crippen LogP contribution in [-0.4, -0.2) is 52.0 Å². The Kier molecular flexibility index (Phi) is 5.71. The minimum absolute atomic E-state index is 0.0647. The number of hydrogen-bond acceptors (Lipinski definition) is 6. The molecule has 164 valence electrons. The number of carbonyl (C=O) groups excluding carboxylic acids is 1. The van der Waals surface area contributed by atoms with Crippen molar-refractivity contribution >= 4 is 11.9 Å². The molecule has 1 amide bonds. The largest absolute Gasteiger partial charge is 0.497 e. The molecular weight excluding hydrogens is 402 g/mol. The van der Waals surface area contributed by atoms with Gasteiger partial charge in [-0.25, -0.2) is 9.97 Å². The fraction of sp³-hybridized carbons (Fsp3) is 0.360. The van der Waals surface area contributed by atoms with Crippen LogP contribution in [-0.2, 0) is 0 Å². The number of ether oxygens (including phenoxy) is 1. The third-order valence-corrected chi connectivity index (χ3v) is 6.18. The normalized spacial score (nSPS) is 16.6. The van der Waals surface area contributed by atoms with Gasteiger partial charge in [-0.1, -0.05) is 6.07 Å². The van der Waals surface area contributed by atoms with E-state index in [1.165, 1.54) is 12.8 Å². The lowest BCUT2D eigenvalue weighted by Crippen LogP contribution is -2.38. The Hall–Kier alpha value is -3.48. The zero-order valence-electron chi connectivity index (χ0n) is 18.2. The molecule has 0 bridgehead atoms. The zero-order chi connectivity index (χ0) is 21.9. The summed E-state index contributed by atoms with van der Waals surface area (Å²) in [7, 11) is 1.62. The molecule has 0 atom stereocenters. The molecule has 0 radical (unpaired) electrons. The highest BCUT2D eigenvalue weighted by molar-refractivity contribution is 5.94. The summed E-state index contributed by atoms with van der Waals surface area (Å²) in [6.07, 6.45) is 7.76. The number of benzene rings is 1. The van der Waals surface area contributed by atoms with E-state index in [2.05, 4.69) is 15.3 Å². The van der Waals surface area contributed by atoms with Gasteiger partial charge in [0.15, 0.2) is 0 Å². The topological polar surface area (TPSA) is 80.2 Å². The Labute approximate surface area is 187 Å². The van der Waals surface area contributed by atoms with Crippen molar-refractivity contribution in [3.8, 4) is 17.0 Å². The highest BCUT2D eigenvalue weighted by atomic mass is 16.5. The van der Waals surface area contributed by atoms with E-state index in [9.17, 15) is 4.79 Å². The van der Waals surface area contributed by atoms with Crippen LogP contribution < -0.4 is 10.1 Å². The van der Waals surface area contributed by atoms with Crippen molar-refractivity contribution in [3.63, 3.8) is 0 Å². The van der Waals surface area contributed by atoms with Crippen LogP contribution in [0.5, 0.6) is 5.75 Å². The number of nitrogens with one attached hydrogen (secondary N) is 1. The molecule has 0 unspecified atom stereocenters. The number of piperidine rings is 1. The van der Waals surface area contributed by atoms with Crippen LogP contribution >= 0.6 is 0 Å². The Morgan fingerprint density at radius 3 is 2.47 bits per heavy atom. The van der Waals surface area contributed by atoms with Gasteiger partial charge in [0.2, 0.25) is 5.95 Å². The first-order valence-corrected chi connectivity index (χ1v) is 11.2. The van der Waals surface area contributed by atoms with Crippen molar-refractivity contribution in [3.05, 3.63) is 66.1 Å². The Bertz CT molecular complexity index is 1080. The standard InChI is InChI=1S/C25H27N5O2/c1-32-20-9-5-18(6-10-20)24(31)30-14-11-17(12-15-30)23-21(22-4-2-3-13-26-22)16-27-25(29-23)28-19-7-8-19/h2-6,9-10,13,16-17,19H,7-8,11-12,14-15H2,1H3,(H,27,28,29). The van der Waals surface area contributed by atoms with Gasteiger partial charge in [0.1, 0.15) is 5.75 Å². The predicted molar refractivity (Wildman–Crippen MR) is 123 cm³/mol. The fourth-order valence-electron chi connectivity index (χ4n) is 4.18. The van der Waals surface area contributed by atoms with Crippen LogP contribution in [0.25, 0.3) is 11.3 Å². The monoisotopic (exact) mass is 429 g/mol. The number of nitrogens with zero attached hydrogens (tertiary/aromatic N) is 4. The first-order chi connectivity index (χ1) is 15.7. The zero-order valence-corrected chi connectivity index (χ0v) is 18.2. The summed E-state index contributed by atoms with van der Waals surface area (Å²) in [4.78, 5) is 28.9. The van der Waals surface area contributed by atoms with E-state index in [4.69, 9.17) is 9.72 Å². The van der Waals surface area contributed by atoms with Crippen molar-refractivity contribution in [2.24, 2.45) is 0 Å². The maximum atomic E-state index is 13.0. The summed E-state index contributed by atoms with van der Waals surface area (Å²) in [5.74, 6) is 1.77. The highest BCUT2D eigenvalue weighted by Gasteiger charge is 2.29. The van der Waals surface area contributed by atoms with E-state index in [-0.39, 0.29) is 11.8 Å². The minimum Gasteiger partial charge on any atom is -0.497 e. The molecule has 2 aromatic heterocycles. The molecule has 5 rings (SSSR count). The first kappa shape index (κ1) is 20.4. The summed E-state index contributed by atoms with van der Waals surface area (Å²) >= 11 is 0. The van der Waals surface area contributed by atoms with Gasteiger partial charge in [0, 0.05) is 48.6 Å². The second kappa shape index (κ2) is 8.94. The van der Waals surface area contributed by atoms with Gasteiger partial charge in [0.05, 0.1) is 18.5 Å². The number of methoxy groups -OCH3 is 1. The number of rotatable bonds is 6. The number of anilines is 1. The molecule has 2 aliphatic rings. The van der Waals surface area contributed by atoms with Crippen molar-refractivity contribution in [1.29, 1.82) is 0 Å². The van der Waals surface area contributed by atoms with Crippen LogP contribution in [0.3, 0.4) is 0 Å². The summed E-state index contributed by atoms with van der Waals surface area (Å²) < 4.78 is 5.20. The Morgan fingerprint density at radius 2 is 1.81 bits per heavy atom. The van der Waals surface area contributed by atoms with Gasteiger partial charge >= 0.3 is 0 Å². The fourth-order valence-corrected chi connectivity index (χ4v) is 4.18. The van der Waals surface area contributed by atoms with Gasteiger partial charge in [-0.3, -0.25) is 9.78 Å². The SMILES string of the molecule is COc1ccc(C(=O)N2CCC(c3nc(NC4CC4)ncc3-c3ccccn3)CC2)cc1. The molecule has 1 saturated carbocycles. The summed E-state index contributed by atoms with van der Waals surface area (Å²) in [5.41, 5.74) is 3.58. The molecule has 0 spiro atoms. The van der Waals surface area contributed by atoms with Crippen LogP contribution in [0.15, 0.2) is 54.9 Å². The third kappa shape index (κ3) is 4.42. The molecule has 2 fully saturated rings. The maximum absolute atomic E-state index is 13.0. The summed E-state index contributed by atoms with van der Waals surface area (Å²) in [6.45, 7) is 1.40. The molecule has 1 aliphatic heterocycles. The molecule has 3 aromatic rings. The van der Waals surface area contributed by atoms with Crippen molar-refractivity contribution < 1.29 is 9.53 Å². The van der Waals surface area contributed by atoms with E-state index < -0.39 is 0 Å². The number of amides is 1. The van der Waals surface area contributed by atoms with Gasteiger partial charge in [-0.2, -0.15) is 0 Å². The number of likely N-dealkylation sites (tertiary alicyclic amines) is 1. The van der Waals surface area contributed by atoms with E-state index >= 15 is 0 Å². The molecule has 1 saturated heterocycles. The van der Waals surface area contributed by atoms with Gasteiger partial charge in [0.25, 0.3) is 5.91 Å². The van der Waals surface area contributed by atoms with E-state index in [0.717, 1.165) is 35.5 Å². The lowest BCUT2D eigenvalue weighted by Gasteiger charge is -2.32. The molecule has 3 heterocycles. The lowest BCUT2D eigenvalue weighted by molar-refractivity contribution is 0.0712. The van der Waals surface area contributed by atoms with Crippen LogP contribution in [0.1, 0.15) is 47.7 Å². The molecule has 1 N–H and O–H groups in total. The van der Waals surface area contributed by atoms with Crippen molar-refractivity contribution in [2.45, 2.75) is 37.6 Å². The van der Waals surface area contributed by atoms with Crippen LogP contribution in [0, 0.1) is 0 Å². The van der Waals surface area contributed by atoms with Crippen molar-refractivity contribution in [1.82, 2.24) is 19.9 Å².